The first-order chi connectivity index (χ1) is 7.65. The molecule has 2 heterocycles. The summed E-state index contributed by atoms with van der Waals surface area (Å²) < 4.78 is 10.8. The third-order valence-corrected chi connectivity index (χ3v) is 2.29. The standard InChI is InChI=1S/C10H9BrN2O3/c1-6-4-12-9(15-6)5-13-10(14)7-2-3-8(11)16-7/h2-4H,5H2,1H3,(H,13,14). The average molecular weight is 285 g/mol. The molecule has 2 aromatic rings. The number of carbonyl (C=O) groups excluding carboxylic acids is 1. The van der Waals surface area contributed by atoms with E-state index in [1.54, 1.807) is 25.3 Å². The third-order valence-electron chi connectivity index (χ3n) is 1.87. The van der Waals surface area contributed by atoms with E-state index in [9.17, 15) is 4.79 Å². The highest BCUT2D eigenvalue weighted by molar-refractivity contribution is 9.10. The molecule has 84 valence electrons. The number of rotatable bonds is 3. The van der Waals surface area contributed by atoms with Crippen molar-refractivity contribution in [3.63, 3.8) is 0 Å². The van der Waals surface area contributed by atoms with Crippen LogP contribution in [0.15, 0.2) is 31.8 Å². The van der Waals surface area contributed by atoms with Crippen molar-refractivity contribution in [1.29, 1.82) is 0 Å². The number of hydrogen-bond acceptors (Lipinski definition) is 4. The van der Waals surface area contributed by atoms with Gasteiger partial charge in [-0.25, -0.2) is 4.98 Å². The number of oxazole rings is 1. The van der Waals surface area contributed by atoms with Crippen LogP contribution in [0.4, 0.5) is 0 Å². The molecule has 0 aliphatic carbocycles. The number of amides is 1. The summed E-state index contributed by atoms with van der Waals surface area (Å²) in [5.41, 5.74) is 0. The lowest BCUT2D eigenvalue weighted by Gasteiger charge is -1.98. The zero-order valence-corrected chi connectivity index (χ0v) is 10.1. The molecule has 0 fully saturated rings. The Hall–Kier alpha value is -1.56. The van der Waals surface area contributed by atoms with E-state index < -0.39 is 0 Å². The molecule has 16 heavy (non-hydrogen) atoms. The lowest BCUT2D eigenvalue weighted by molar-refractivity contribution is 0.0918. The zero-order valence-electron chi connectivity index (χ0n) is 8.49. The zero-order chi connectivity index (χ0) is 11.5. The van der Waals surface area contributed by atoms with Gasteiger partial charge in [-0.05, 0) is 35.0 Å². The summed E-state index contributed by atoms with van der Waals surface area (Å²) in [6.07, 6.45) is 1.60. The quantitative estimate of drug-likeness (QED) is 0.939. The van der Waals surface area contributed by atoms with Gasteiger partial charge in [0.2, 0.25) is 5.89 Å². The van der Waals surface area contributed by atoms with Gasteiger partial charge in [-0.3, -0.25) is 4.79 Å². The first-order valence-electron chi connectivity index (χ1n) is 4.60. The van der Waals surface area contributed by atoms with Gasteiger partial charge in [-0.15, -0.1) is 0 Å². The largest absolute Gasteiger partial charge is 0.444 e. The van der Waals surface area contributed by atoms with Crippen LogP contribution in [0.2, 0.25) is 0 Å². The lowest BCUT2D eigenvalue weighted by atomic mass is 10.4. The Morgan fingerprint density at radius 2 is 2.31 bits per heavy atom. The van der Waals surface area contributed by atoms with Gasteiger partial charge in [0.1, 0.15) is 5.76 Å². The van der Waals surface area contributed by atoms with Crippen LogP contribution in [0.5, 0.6) is 0 Å². The van der Waals surface area contributed by atoms with Gasteiger partial charge in [0.25, 0.3) is 5.91 Å². The second-order valence-corrected chi connectivity index (χ2v) is 3.93. The third kappa shape index (κ3) is 2.52. The molecular weight excluding hydrogens is 276 g/mol. The van der Waals surface area contributed by atoms with E-state index in [0.717, 1.165) is 0 Å². The van der Waals surface area contributed by atoms with E-state index in [1.807, 2.05) is 0 Å². The van der Waals surface area contributed by atoms with E-state index in [-0.39, 0.29) is 18.2 Å². The van der Waals surface area contributed by atoms with Crippen LogP contribution in [-0.2, 0) is 6.54 Å². The second-order valence-electron chi connectivity index (χ2n) is 3.15. The summed E-state index contributed by atoms with van der Waals surface area (Å²) in [5.74, 6) is 1.12. The van der Waals surface area contributed by atoms with Gasteiger partial charge < -0.3 is 14.2 Å². The summed E-state index contributed by atoms with van der Waals surface area (Å²) in [5, 5.41) is 2.63. The van der Waals surface area contributed by atoms with Crippen LogP contribution in [0, 0.1) is 6.92 Å². The fourth-order valence-corrected chi connectivity index (χ4v) is 1.47. The van der Waals surface area contributed by atoms with Gasteiger partial charge in [0.05, 0.1) is 12.7 Å². The number of aryl methyl sites for hydroxylation is 1. The Bertz CT molecular complexity index is 504. The van der Waals surface area contributed by atoms with Crippen molar-refractivity contribution in [1.82, 2.24) is 10.3 Å². The van der Waals surface area contributed by atoms with Gasteiger partial charge in [-0.1, -0.05) is 0 Å². The van der Waals surface area contributed by atoms with Crippen molar-refractivity contribution < 1.29 is 13.6 Å². The van der Waals surface area contributed by atoms with Crippen molar-refractivity contribution in [3.8, 4) is 0 Å². The van der Waals surface area contributed by atoms with E-state index in [0.29, 0.717) is 16.3 Å². The summed E-state index contributed by atoms with van der Waals surface area (Å²) in [6.45, 7) is 2.03. The number of carbonyl (C=O) groups is 1. The van der Waals surface area contributed by atoms with Gasteiger partial charge >= 0.3 is 0 Å². The van der Waals surface area contributed by atoms with E-state index in [1.165, 1.54) is 0 Å². The Morgan fingerprint density at radius 1 is 1.50 bits per heavy atom. The molecule has 0 radical (unpaired) electrons. The number of hydrogen-bond donors (Lipinski definition) is 1. The monoisotopic (exact) mass is 284 g/mol. The van der Waals surface area contributed by atoms with Crippen LogP contribution in [0.1, 0.15) is 22.2 Å². The molecule has 5 nitrogen and oxygen atoms in total. The maximum atomic E-state index is 11.5. The van der Waals surface area contributed by atoms with Gasteiger partial charge in [-0.2, -0.15) is 0 Å². The Kier molecular flexibility index (Phi) is 3.09. The summed E-state index contributed by atoms with van der Waals surface area (Å²) in [4.78, 5) is 15.5. The molecule has 2 aromatic heterocycles. The molecule has 2 rings (SSSR count). The SMILES string of the molecule is Cc1cnc(CNC(=O)c2ccc(Br)o2)o1. The molecule has 1 amide bonds. The Morgan fingerprint density at radius 3 is 2.88 bits per heavy atom. The predicted molar refractivity (Wildman–Crippen MR) is 58.8 cm³/mol. The normalized spacial score (nSPS) is 10.4. The number of aromatic nitrogens is 1. The molecular formula is C10H9BrN2O3. The molecule has 0 atom stereocenters. The maximum Gasteiger partial charge on any atom is 0.287 e. The van der Waals surface area contributed by atoms with Crippen LogP contribution in [0.25, 0.3) is 0 Å². The molecule has 0 aliphatic rings. The minimum absolute atomic E-state index is 0.241. The van der Waals surface area contributed by atoms with Crippen molar-refractivity contribution in [2.75, 3.05) is 0 Å². The fourth-order valence-electron chi connectivity index (χ4n) is 1.16. The van der Waals surface area contributed by atoms with Gasteiger partial charge in [0, 0.05) is 0 Å². The summed E-state index contributed by atoms with van der Waals surface area (Å²) in [7, 11) is 0. The minimum atomic E-state index is -0.304. The maximum absolute atomic E-state index is 11.5. The van der Waals surface area contributed by atoms with E-state index in [2.05, 4.69) is 26.2 Å². The van der Waals surface area contributed by atoms with Crippen LogP contribution < -0.4 is 5.32 Å². The molecule has 0 saturated carbocycles. The first-order valence-corrected chi connectivity index (χ1v) is 5.39. The van der Waals surface area contributed by atoms with Gasteiger partial charge in [0.15, 0.2) is 10.4 Å². The molecule has 0 bridgehead atoms. The predicted octanol–water partition coefficient (Wildman–Crippen LogP) is 2.27. The molecule has 0 aromatic carbocycles. The lowest BCUT2D eigenvalue weighted by Crippen LogP contribution is -2.22. The first kappa shape index (κ1) is 10.9. The topological polar surface area (TPSA) is 68.3 Å². The summed E-state index contributed by atoms with van der Waals surface area (Å²) in [6, 6.07) is 3.24. The number of furan rings is 1. The van der Waals surface area contributed by atoms with Crippen LogP contribution in [0.3, 0.4) is 0 Å². The molecule has 0 aliphatic heterocycles. The molecule has 0 spiro atoms. The highest BCUT2D eigenvalue weighted by Gasteiger charge is 2.10. The highest BCUT2D eigenvalue weighted by Crippen LogP contribution is 2.13. The summed E-state index contributed by atoms with van der Waals surface area (Å²) >= 11 is 3.12. The van der Waals surface area contributed by atoms with Crippen molar-refractivity contribution in [2.45, 2.75) is 13.5 Å². The minimum Gasteiger partial charge on any atom is -0.444 e. The molecule has 1 N–H and O–H groups in total. The smallest absolute Gasteiger partial charge is 0.287 e. The molecule has 6 heteroatoms. The van der Waals surface area contributed by atoms with E-state index >= 15 is 0 Å². The fraction of sp³-hybridized carbons (Fsp3) is 0.200. The van der Waals surface area contributed by atoms with Crippen molar-refractivity contribution in [2.24, 2.45) is 0 Å². The molecule has 0 unspecified atom stereocenters. The van der Waals surface area contributed by atoms with Crippen molar-refractivity contribution in [3.05, 3.63) is 40.4 Å². The highest BCUT2D eigenvalue weighted by atomic mass is 79.9. The van der Waals surface area contributed by atoms with Crippen LogP contribution >= 0.6 is 15.9 Å². The Labute approximate surface area is 100.0 Å². The van der Waals surface area contributed by atoms with Crippen molar-refractivity contribution >= 4 is 21.8 Å². The van der Waals surface area contributed by atoms with E-state index in [4.69, 9.17) is 8.83 Å². The average Bonchev–Trinajstić information content (AvgIpc) is 2.84. The Balaban J connectivity index is 1.93. The number of halogens is 1. The second kappa shape index (κ2) is 4.52. The molecule has 0 saturated heterocycles. The van der Waals surface area contributed by atoms with Crippen LogP contribution in [-0.4, -0.2) is 10.9 Å². The number of nitrogens with one attached hydrogen (secondary N) is 1. The number of nitrogens with zero attached hydrogens (tertiary/aromatic N) is 1.